The third-order valence-corrected chi connectivity index (χ3v) is 5.43. The summed E-state index contributed by atoms with van der Waals surface area (Å²) in [7, 11) is 0. The Balaban J connectivity index is 2.60. The van der Waals surface area contributed by atoms with E-state index in [1.54, 1.807) is 12.1 Å². The number of alkyl halides is 1. The molecule has 5 nitrogen and oxygen atoms in total. The molecular weight excluding hydrogens is 294 g/mol. The van der Waals surface area contributed by atoms with Crippen LogP contribution in [0.15, 0.2) is 24.3 Å². The molecule has 0 spiro atoms. The third-order valence-electron chi connectivity index (χ3n) is 5.13. The van der Waals surface area contributed by atoms with Gasteiger partial charge in [0.1, 0.15) is 0 Å². The Morgan fingerprint density at radius 1 is 1.43 bits per heavy atom. The van der Waals surface area contributed by atoms with Gasteiger partial charge >= 0.3 is 5.97 Å². The number of hydrogen-bond donors (Lipinski definition) is 1. The molecule has 1 N–H and O–H groups in total. The topological polar surface area (TPSA) is 80.4 Å². The maximum absolute atomic E-state index is 11.9. The monoisotopic (exact) mass is 311 g/mol. The van der Waals surface area contributed by atoms with Crippen molar-refractivity contribution >= 4 is 23.3 Å². The first-order valence-corrected chi connectivity index (χ1v) is 7.50. The smallest absolute Gasteiger partial charge is 0.310 e. The molecule has 1 aliphatic rings. The summed E-state index contributed by atoms with van der Waals surface area (Å²) in [4.78, 5) is 22.4. The van der Waals surface area contributed by atoms with Crippen LogP contribution in [0, 0.1) is 21.4 Å². The molecule has 3 unspecified atom stereocenters. The molecule has 1 aromatic rings. The number of nitro groups is 1. The Bertz CT molecular complexity index is 591. The Morgan fingerprint density at radius 3 is 2.48 bits per heavy atom. The number of aliphatic carboxylic acids is 1. The number of halogens is 1. The van der Waals surface area contributed by atoms with Gasteiger partial charge in [-0.25, -0.2) is 0 Å². The van der Waals surface area contributed by atoms with E-state index in [1.807, 2.05) is 13.8 Å². The predicted octanol–water partition coefficient (Wildman–Crippen LogP) is 3.59. The average Bonchev–Trinajstić information content (AvgIpc) is 3.11. The van der Waals surface area contributed by atoms with E-state index in [9.17, 15) is 20.0 Å². The van der Waals surface area contributed by atoms with Gasteiger partial charge in [-0.05, 0) is 18.4 Å². The van der Waals surface area contributed by atoms with Crippen molar-refractivity contribution in [3.8, 4) is 0 Å². The summed E-state index contributed by atoms with van der Waals surface area (Å²) >= 11 is 6.02. The molecule has 114 valence electrons. The quantitative estimate of drug-likeness (QED) is 0.494. The average molecular weight is 312 g/mol. The van der Waals surface area contributed by atoms with Crippen LogP contribution in [0.4, 0.5) is 5.69 Å². The maximum atomic E-state index is 11.9. The first kappa shape index (κ1) is 15.8. The van der Waals surface area contributed by atoms with E-state index in [-0.39, 0.29) is 17.5 Å². The van der Waals surface area contributed by atoms with Gasteiger partial charge in [0.2, 0.25) is 0 Å². The van der Waals surface area contributed by atoms with Crippen molar-refractivity contribution in [3.05, 3.63) is 39.9 Å². The predicted molar refractivity (Wildman–Crippen MR) is 79.6 cm³/mol. The van der Waals surface area contributed by atoms with Gasteiger partial charge in [-0.1, -0.05) is 26.0 Å². The lowest BCUT2D eigenvalue weighted by Gasteiger charge is -2.21. The lowest BCUT2D eigenvalue weighted by molar-refractivity contribution is -0.385. The summed E-state index contributed by atoms with van der Waals surface area (Å²) in [6.07, 6.45) is 1.04. The minimum absolute atomic E-state index is 0.0176. The van der Waals surface area contributed by atoms with E-state index in [0.29, 0.717) is 18.4 Å². The lowest BCUT2D eigenvalue weighted by Crippen LogP contribution is -2.25. The standard InChI is InChI=1S/C15H18ClNO4/c1-3-14(10-6-5-7-11(8-10)17(20)21)12(9-16)15(14,4-2)13(18)19/h5-8,12H,3-4,9H2,1-2H3,(H,18,19). The van der Waals surface area contributed by atoms with E-state index < -0.39 is 21.7 Å². The molecule has 3 atom stereocenters. The zero-order valence-electron chi connectivity index (χ0n) is 12.0. The SMILES string of the molecule is CCC1(C(=O)O)C(CCl)C1(CC)c1cccc([N+](=O)[O-])c1. The lowest BCUT2D eigenvalue weighted by atomic mass is 9.82. The summed E-state index contributed by atoms with van der Waals surface area (Å²) in [5.74, 6) is -0.846. The number of non-ortho nitro benzene ring substituents is 1. The van der Waals surface area contributed by atoms with Crippen LogP contribution < -0.4 is 0 Å². The van der Waals surface area contributed by atoms with Crippen LogP contribution in [0.25, 0.3) is 0 Å². The molecule has 0 saturated heterocycles. The summed E-state index contributed by atoms with van der Waals surface area (Å²) in [5, 5.41) is 20.7. The first-order valence-electron chi connectivity index (χ1n) is 6.96. The van der Waals surface area contributed by atoms with Crippen molar-refractivity contribution in [3.63, 3.8) is 0 Å². The molecular formula is C15H18ClNO4. The van der Waals surface area contributed by atoms with E-state index in [2.05, 4.69) is 0 Å². The van der Waals surface area contributed by atoms with Gasteiger partial charge in [0, 0.05) is 29.3 Å². The molecule has 0 aliphatic heterocycles. The van der Waals surface area contributed by atoms with E-state index in [1.165, 1.54) is 12.1 Å². The molecule has 1 aliphatic carbocycles. The summed E-state index contributed by atoms with van der Waals surface area (Å²) < 4.78 is 0. The number of benzene rings is 1. The van der Waals surface area contributed by atoms with Gasteiger partial charge in [0.25, 0.3) is 5.69 Å². The van der Waals surface area contributed by atoms with Crippen LogP contribution in [0.3, 0.4) is 0 Å². The Hall–Kier alpha value is -1.62. The number of nitrogens with zero attached hydrogens (tertiary/aromatic N) is 1. The van der Waals surface area contributed by atoms with Gasteiger partial charge in [-0.2, -0.15) is 0 Å². The van der Waals surface area contributed by atoms with Gasteiger partial charge < -0.3 is 5.11 Å². The fourth-order valence-corrected chi connectivity index (χ4v) is 4.65. The fourth-order valence-electron chi connectivity index (χ4n) is 4.13. The van der Waals surface area contributed by atoms with Crippen LogP contribution in [-0.4, -0.2) is 21.9 Å². The summed E-state index contributed by atoms with van der Waals surface area (Å²) in [5.41, 5.74) is -0.870. The first-order chi connectivity index (χ1) is 9.92. The minimum Gasteiger partial charge on any atom is -0.481 e. The molecule has 0 radical (unpaired) electrons. The van der Waals surface area contributed by atoms with Crippen molar-refractivity contribution in [2.24, 2.45) is 11.3 Å². The molecule has 6 heteroatoms. The van der Waals surface area contributed by atoms with Gasteiger partial charge in [0.05, 0.1) is 10.3 Å². The Kier molecular flexibility index (Phi) is 3.97. The van der Waals surface area contributed by atoms with Crippen molar-refractivity contribution in [1.82, 2.24) is 0 Å². The zero-order valence-corrected chi connectivity index (χ0v) is 12.8. The van der Waals surface area contributed by atoms with Crippen LogP contribution in [0.2, 0.25) is 0 Å². The maximum Gasteiger partial charge on any atom is 0.310 e. The Labute approximate surface area is 128 Å². The molecule has 1 fully saturated rings. The molecule has 1 saturated carbocycles. The number of hydrogen-bond acceptors (Lipinski definition) is 3. The highest BCUT2D eigenvalue weighted by Crippen LogP contribution is 2.73. The number of rotatable bonds is 6. The summed E-state index contributed by atoms with van der Waals surface area (Å²) in [6.45, 7) is 3.75. The van der Waals surface area contributed by atoms with Crippen molar-refractivity contribution in [2.45, 2.75) is 32.1 Å². The van der Waals surface area contributed by atoms with Crippen LogP contribution in [-0.2, 0) is 10.2 Å². The van der Waals surface area contributed by atoms with Crippen LogP contribution >= 0.6 is 11.6 Å². The molecule has 1 aromatic carbocycles. The highest BCUT2D eigenvalue weighted by molar-refractivity contribution is 6.18. The highest BCUT2D eigenvalue weighted by atomic mass is 35.5. The second-order valence-corrected chi connectivity index (χ2v) is 5.78. The molecule has 0 amide bonds. The van der Waals surface area contributed by atoms with E-state index in [4.69, 9.17) is 11.6 Å². The molecule has 2 rings (SSSR count). The minimum atomic E-state index is -0.932. The van der Waals surface area contributed by atoms with E-state index >= 15 is 0 Å². The molecule has 0 bridgehead atoms. The van der Waals surface area contributed by atoms with Crippen LogP contribution in [0.1, 0.15) is 32.3 Å². The second-order valence-electron chi connectivity index (χ2n) is 5.47. The number of carboxylic acids is 1. The van der Waals surface area contributed by atoms with Crippen molar-refractivity contribution in [2.75, 3.05) is 5.88 Å². The molecule has 0 heterocycles. The van der Waals surface area contributed by atoms with Crippen LogP contribution in [0.5, 0.6) is 0 Å². The zero-order chi connectivity index (χ0) is 15.8. The highest BCUT2D eigenvalue weighted by Gasteiger charge is 2.78. The van der Waals surface area contributed by atoms with Gasteiger partial charge in [0.15, 0.2) is 0 Å². The molecule has 21 heavy (non-hydrogen) atoms. The fraction of sp³-hybridized carbons (Fsp3) is 0.533. The van der Waals surface area contributed by atoms with E-state index in [0.717, 1.165) is 0 Å². The number of nitro benzene ring substituents is 1. The van der Waals surface area contributed by atoms with Gasteiger partial charge in [-0.3, -0.25) is 14.9 Å². The summed E-state index contributed by atoms with van der Waals surface area (Å²) in [6, 6.07) is 6.29. The van der Waals surface area contributed by atoms with Crippen molar-refractivity contribution in [1.29, 1.82) is 0 Å². The number of carboxylic acid groups (broad SMARTS) is 1. The van der Waals surface area contributed by atoms with Crippen molar-refractivity contribution < 1.29 is 14.8 Å². The Morgan fingerprint density at radius 2 is 2.10 bits per heavy atom. The number of carbonyl (C=O) groups is 1. The second kappa shape index (κ2) is 5.30. The largest absolute Gasteiger partial charge is 0.481 e. The normalized spacial score (nSPS) is 30.9. The van der Waals surface area contributed by atoms with Gasteiger partial charge in [-0.15, -0.1) is 11.6 Å². The third kappa shape index (κ3) is 1.87. The molecule has 0 aromatic heterocycles.